The maximum Gasteiger partial charge on any atom is 0.220 e. The van der Waals surface area contributed by atoms with Crippen LogP contribution in [0.15, 0.2) is 24.3 Å². The number of aryl methyl sites for hydroxylation is 2. The molecule has 2 fully saturated rings. The molecule has 25 heavy (non-hydrogen) atoms. The Balaban J connectivity index is 1.31. The predicted octanol–water partition coefficient (Wildman–Crippen LogP) is 3.22. The average Bonchev–Trinajstić information content (AvgIpc) is 3.19. The van der Waals surface area contributed by atoms with E-state index in [1.165, 1.54) is 41.4 Å². The number of nitrogens with one attached hydrogen (secondary N) is 1. The molecule has 2 heterocycles. The number of carbonyl (C=O) groups excluding carboxylic acids is 1. The monoisotopic (exact) mass is 339 g/mol. The Hall–Kier alpha value is -1.81. The van der Waals surface area contributed by atoms with E-state index in [0.29, 0.717) is 11.8 Å². The van der Waals surface area contributed by atoms with Gasteiger partial charge in [0.25, 0.3) is 0 Å². The van der Waals surface area contributed by atoms with E-state index in [0.717, 1.165) is 32.6 Å². The van der Waals surface area contributed by atoms with Crippen LogP contribution in [0.3, 0.4) is 0 Å². The summed E-state index contributed by atoms with van der Waals surface area (Å²) in [5, 5.41) is 4.48. The third-order valence-electron chi connectivity index (χ3n) is 5.81. The van der Waals surface area contributed by atoms with Crippen molar-refractivity contribution < 1.29 is 4.79 Å². The molecule has 0 bridgehead atoms. The van der Waals surface area contributed by atoms with E-state index >= 15 is 0 Å². The van der Waals surface area contributed by atoms with Gasteiger partial charge >= 0.3 is 0 Å². The van der Waals surface area contributed by atoms with Gasteiger partial charge in [0.15, 0.2) is 0 Å². The summed E-state index contributed by atoms with van der Waals surface area (Å²) in [6, 6.07) is 8.99. The lowest BCUT2D eigenvalue weighted by Gasteiger charge is -2.17. The van der Waals surface area contributed by atoms with Gasteiger partial charge in [-0.3, -0.25) is 9.69 Å². The second-order valence-corrected chi connectivity index (χ2v) is 8.10. The SMILES string of the molecule is Cc1ccc2c(c1)cc(CN1CC[C@@H](CNC(=O)CC3CC3)C1)n2C. The molecule has 1 amide bonds. The van der Waals surface area contributed by atoms with Gasteiger partial charge in [0, 0.05) is 49.7 Å². The maximum atomic E-state index is 11.9. The van der Waals surface area contributed by atoms with Gasteiger partial charge in [-0.2, -0.15) is 0 Å². The Bertz CT molecular complexity index is 775. The van der Waals surface area contributed by atoms with Gasteiger partial charge in [-0.15, -0.1) is 0 Å². The zero-order valence-electron chi connectivity index (χ0n) is 15.4. The maximum absolute atomic E-state index is 11.9. The van der Waals surface area contributed by atoms with Crippen LogP contribution in [-0.2, 0) is 18.4 Å². The van der Waals surface area contributed by atoms with Gasteiger partial charge in [-0.05, 0) is 62.8 Å². The van der Waals surface area contributed by atoms with Gasteiger partial charge in [-0.1, -0.05) is 11.6 Å². The van der Waals surface area contributed by atoms with E-state index in [-0.39, 0.29) is 5.91 Å². The van der Waals surface area contributed by atoms with Crippen molar-refractivity contribution in [2.45, 2.75) is 39.2 Å². The van der Waals surface area contributed by atoms with E-state index in [4.69, 9.17) is 0 Å². The molecule has 1 N–H and O–H groups in total. The lowest BCUT2D eigenvalue weighted by Crippen LogP contribution is -2.31. The first-order valence-corrected chi connectivity index (χ1v) is 9.62. The number of rotatable bonds is 6. The second-order valence-electron chi connectivity index (χ2n) is 8.10. The van der Waals surface area contributed by atoms with E-state index in [1.807, 2.05) is 0 Å². The van der Waals surface area contributed by atoms with Crippen LogP contribution >= 0.6 is 0 Å². The normalized spacial score (nSPS) is 21.1. The highest BCUT2D eigenvalue weighted by molar-refractivity contribution is 5.82. The van der Waals surface area contributed by atoms with Crippen LogP contribution < -0.4 is 5.32 Å². The molecule has 2 aliphatic rings. The number of carbonyl (C=O) groups is 1. The minimum atomic E-state index is 0.255. The number of nitrogens with zero attached hydrogens (tertiary/aromatic N) is 2. The molecule has 2 aromatic rings. The Labute approximate surface area is 150 Å². The van der Waals surface area contributed by atoms with Crippen molar-refractivity contribution in [2.24, 2.45) is 18.9 Å². The Morgan fingerprint density at radius 2 is 2.04 bits per heavy atom. The van der Waals surface area contributed by atoms with Crippen LogP contribution in [0, 0.1) is 18.8 Å². The molecule has 1 saturated carbocycles. The average molecular weight is 339 g/mol. The molecule has 0 radical (unpaired) electrons. The second kappa shape index (κ2) is 6.83. The molecule has 4 heteroatoms. The molecule has 1 aliphatic heterocycles. The van der Waals surface area contributed by atoms with Crippen LogP contribution in [0.2, 0.25) is 0 Å². The summed E-state index contributed by atoms with van der Waals surface area (Å²) in [5.41, 5.74) is 4.00. The number of amides is 1. The molecule has 0 unspecified atom stereocenters. The van der Waals surface area contributed by atoms with E-state index in [2.05, 4.69) is 53.0 Å². The van der Waals surface area contributed by atoms with Gasteiger partial charge in [0.1, 0.15) is 0 Å². The quantitative estimate of drug-likeness (QED) is 0.877. The predicted molar refractivity (Wildman–Crippen MR) is 101 cm³/mol. The molecule has 4 nitrogen and oxygen atoms in total. The summed E-state index contributed by atoms with van der Waals surface area (Å²) in [6.45, 7) is 6.20. The first kappa shape index (κ1) is 16.6. The van der Waals surface area contributed by atoms with Crippen LogP contribution in [0.25, 0.3) is 10.9 Å². The first-order chi connectivity index (χ1) is 12.1. The molecule has 1 aromatic carbocycles. The molecular formula is C21H29N3O. The Kier molecular flexibility index (Phi) is 4.55. The van der Waals surface area contributed by atoms with Crippen LogP contribution in [0.1, 0.15) is 36.9 Å². The number of aromatic nitrogens is 1. The van der Waals surface area contributed by atoms with Gasteiger partial charge < -0.3 is 9.88 Å². The summed E-state index contributed by atoms with van der Waals surface area (Å²) >= 11 is 0. The van der Waals surface area contributed by atoms with Gasteiger partial charge in [0.05, 0.1) is 0 Å². The summed E-state index contributed by atoms with van der Waals surface area (Å²) in [5.74, 6) is 1.53. The molecule has 1 aliphatic carbocycles. The third-order valence-corrected chi connectivity index (χ3v) is 5.81. The number of hydrogen-bond acceptors (Lipinski definition) is 2. The summed E-state index contributed by atoms with van der Waals surface area (Å²) in [7, 11) is 2.17. The van der Waals surface area contributed by atoms with Crippen LogP contribution in [0.5, 0.6) is 0 Å². The molecular weight excluding hydrogens is 310 g/mol. The van der Waals surface area contributed by atoms with Crippen LogP contribution in [0.4, 0.5) is 0 Å². The summed E-state index contributed by atoms with van der Waals surface area (Å²) < 4.78 is 2.32. The number of likely N-dealkylation sites (tertiary alicyclic amines) is 1. The van der Waals surface area contributed by atoms with E-state index < -0.39 is 0 Å². The van der Waals surface area contributed by atoms with Gasteiger partial charge in [0.2, 0.25) is 5.91 Å². The number of hydrogen-bond donors (Lipinski definition) is 1. The molecule has 4 rings (SSSR count). The smallest absolute Gasteiger partial charge is 0.220 e. The lowest BCUT2D eigenvalue weighted by molar-refractivity contribution is -0.121. The molecule has 1 aromatic heterocycles. The standard InChI is InChI=1S/C21H29N3O/c1-15-3-6-20-18(9-15)11-19(23(20)2)14-24-8-7-17(13-24)12-22-21(25)10-16-4-5-16/h3,6,9,11,16-17H,4-5,7-8,10,12-14H2,1-2H3,(H,22,25)/t17-/m0/s1. The van der Waals surface area contributed by atoms with Gasteiger partial charge in [-0.25, -0.2) is 0 Å². The van der Waals surface area contributed by atoms with E-state index in [9.17, 15) is 4.79 Å². The van der Waals surface area contributed by atoms with Crippen molar-refractivity contribution in [3.05, 3.63) is 35.5 Å². The Morgan fingerprint density at radius 1 is 1.20 bits per heavy atom. The zero-order valence-corrected chi connectivity index (χ0v) is 15.4. The summed E-state index contributed by atoms with van der Waals surface area (Å²) in [6.07, 6.45) is 4.42. The van der Waals surface area contributed by atoms with Crippen molar-refractivity contribution in [2.75, 3.05) is 19.6 Å². The minimum Gasteiger partial charge on any atom is -0.356 e. The fraction of sp³-hybridized carbons (Fsp3) is 0.571. The number of benzene rings is 1. The fourth-order valence-electron chi connectivity index (χ4n) is 4.04. The highest BCUT2D eigenvalue weighted by Gasteiger charge is 2.26. The van der Waals surface area contributed by atoms with Crippen molar-refractivity contribution in [1.82, 2.24) is 14.8 Å². The largest absolute Gasteiger partial charge is 0.356 e. The van der Waals surface area contributed by atoms with Crippen molar-refractivity contribution >= 4 is 16.8 Å². The zero-order chi connectivity index (χ0) is 17.4. The fourth-order valence-corrected chi connectivity index (χ4v) is 4.04. The first-order valence-electron chi connectivity index (χ1n) is 9.62. The topological polar surface area (TPSA) is 37.3 Å². The lowest BCUT2D eigenvalue weighted by atomic mass is 10.1. The third kappa shape index (κ3) is 3.90. The van der Waals surface area contributed by atoms with Crippen LogP contribution in [-0.4, -0.2) is 35.0 Å². The molecule has 0 spiro atoms. The Morgan fingerprint density at radius 3 is 2.84 bits per heavy atom. The highest BCUT2D eigenvalue weighted by atomic mass is 16.1. The number of fused-ring (bicyclic) bond motifs is 1. The molecule has 134 valence electrons. The minimum absolute atomic E-state index is 0.255. The molecule has 1 atom stereocenters. The van der Waals surface area contributed by atoms with Crippen molar-refractivity contribution in [1.29, 1.82) is 0 Å². The molecule has 1 saturated heterocycles. The van der Waals surface area contributed by atoms with Crippen molar-refractivity contribution in [3.8, 4) is 0 Å². The van der Waals surface area contributed by atoms with E-state index in [1.54, 1.807) is 0 Å². The van der Waals surface area contributed by atoms with Crippen molar-refractivity contribution in [3.63, 3.8) is 0 Å². The highest BCUT2D eigenvalue weighted by Crippen LogP contribution is 2.32. The summed E-state index contributed by atoms with van der Waals surface area (Å²) in [4.78, 5) is 14.4.